The van der Waals surface area contributed by atoms with E-state index in [1.165, 1.54) is 11.3 Å². The van der Waals surface area contributed by atoms with Crippen LogP contribution >= 0.6 is 0 Å². The van der Waals surface area contributed by atoms with Gasteiger partial charge in [0.1, 0.15) is 0 Å². The number of rotatable bonds is 1. The van der Waals surface area contributed by atoms with Gasteiger partial charge < -0.3 is 5.32 Å². The van der Waals surface area contributed by atoms with E-state index in [1.807, 2.05) is 18.7 Å². The molecule has 0 aromatic rings. The van der Waals surface area contributed by atoms with Crippen LogP contribution in [-0.4, -0.2) is 23.5 Å². The second-order valence-corrected chi connectivity index (χ2v) is 4.25. The minimum atomic E-state index is 0.0497. The van der Waals surface area contributed by atoms with Crippen molar-refractivity contribution < 1.29 is 4.79 Å². The number of urea groups is 1. The summed E-state index contributed by atoms with van der Waals surface area (Å²) in [5, 5.41) is 2.91. The van der Waals surface area contributed by atoms with Crippen LogP contribution in [0.15, 0.2) is 11.3 Å². The zero-order valence-electron chi connectivity index (χ0n) is 9.55. The summed E-state index contributed by atoms with van der Waals surface area (Å²) in [6.45, 7) is 9.03. The largest absolute Gasteiger partial charge is 0.338 e. The third-order valence-electron chi connectivity index (χ3n) is 2.47. The summed E-state index contributed by atoms with van der Waals surface area (Å²) in [4.78, 5) is 13.6. The Morgan fingerprint density at radius 3 is 2.57 bits per heavy atom. The van der Waals surface area contributed by atoms with Gasteiger partial charge in [-0.2, -0.15) is 0 Å². The maximum atomic E-state index is 11.8. The smallest absolute Gasteiger partial charge is 0.321 e. The number of nitrogens with one attached hydrogen (secondary N) is 1. The molecule has 1 saturated heterocycles. The Morgan fingerprint density at radius 2 is 2.07 bits per heavy atom. The Balaban J connectivity index is 2.99. The maximum Gasteiger partial charge on any atom is 0.321 e. The fourth-order valence-electron chi connectivity index (χ4n) is 1.82. The predicted molar refractivity (Wildman–Crippen MR) is 58.0 cm³/mol. The minimum Gasteiger partial charge on any atom is -0.338 e. The average molecular weight is 196 g/mol. The number of hydrogen-bond acceptors (Lipinski definition) is 1. The van der Waals surface area contributed by atoms with Crippen LogP contribution in [0.2, 0.25) is 0 Å². The normalized spacial score (nSPS) is 18.2. The molecule has 2 amide bonds. The molecule has 1 fully saturated rings. The van der Waals surface area contributed by atoms with Crippen LogP contribution in [0.25, 0.3) is 0 Å². The predicted octanol–water partition coefficient (Wildman–Crippen LogP) is 2.49. The second kappa shape index (κ2) is 4.49. The number of amides is 2. The molecule has 1 aliphatic heterocycles. The number of nitrogens with zero attached hydrogens (tertiary/aromatic N) is 1. The molecule has 80 valence electrons. The highest BCUT2D eigenvalue weighted by molar-refractivity contribution is 5.77. The maximum absolute atomic E-state index is 11.8. The van der Waals surface area contributed by atoms with Crippen molar-refractivity contribution in [2.24, 2.45) is 0 Å². The van der Waals surface area contributed by atoms with Gasteiger partial charge in [-0.1, -0.05) is 5.57 Å². The molecule has 0 unspecified atom stereocenters. The lowest BCUT2D eigenvalue weighted by Gasteiger charge is -2.28. The van der Waals surface area contributed by atoms with Gasteiger partial charge in [-0.05, 0) is 40.5 Å². The van der Waals surface area contributed by atoms with Gasteiger partial charge >= 0.3 is 6.03 Å². The molecule has 1 N–H and O–H groups in total. The van der Waals surface area contributed by atoms with Crippen LogP contribution in [-0.2, 0) is 0 Å². The fourth-order valence-corrected chi connectivity index (χ4v) is 1.82. The van der Waals surface area contributed by atoms with E-state index in [0.717, 1.165) is 19.4 Å². The fraction of sp³-hybridized carbons (Fsp3) is 0.727. The Labute approximate surface area is 86.2 Å². The molecule has 1 aliphatic rings. The Morgan fingerprint density at radius 1 is 1.43 bits per heavy atom. The monoisotopic (exact) mass is 196 g/mol. The summed E-state index contributed by atoms with van der Waals surface area (Å²) in [5.41, 5.74) is 2.44. The summed E-state index contributed by atoms with van der Waals surface area (Å²) < 4.78 is 0. The standard InChI is InChI=1S/C11H20N2O/c1-8(2)10-6-5-7-12-11(14)13(10)9(3)4/h9H,5-7H2,1-4H3,(H,12,14). The van der Waals surface area contributed by atoms with Crippen LogP contribution in [0.1, 0.15) is 40.5 Å². The molecule has 0 aromatic heterocycles. The Hall–Kier alpha value is -0.990. The molecular weight excluding hydrogens is 176 g/mol. The third kappa shape index (κ3) is 2.28. The summed E-state index contributed by atoms with van der Waals surface area (Å²) in [6, 6.07) is 0.284. The molecule has 3 heteroatoms. The van der Waals surface area contributed by atoms with Crippen molar-refractivity contribution in [3.8, 4) is 0 Å². The van der Waals surface area contributed by atoms with Gasteiger partial charge in [-0.15, -0.1) is 0 Å². The first-order valence-corrected chi connectivity index (χ1v) is 5.27. The molecule has 0 radical (unpaired) electrons. The highest BCUT2D eigenvalue weighted by atomic mass is 16.2. The molecule has 0 saturated carbocycles. The number of carbonyl (C=O) groups excluding carboxylic acids is 1. The Kier molecular flexibility index (Phi) is 3.55. The average Bonchev–Trinajstić information content (AvgIpc) is 2.26. The molecular formula is C11H20N2O. The molecule has 0 bridgehead atoms. The molecule has 3 nitrogen and oxygen atoms in total. The summed E-state index contributed by atoms with van der Waals surface area (Å²) in [6.07, 6.45) is 2.04. The number of hydrogen-bond donors (Lipinski definition) is 1. The molecule has 14 heavy (non-hydrogen) atoms. The summed E-state index contributed by atoms with van der Waals surface area (Å²) in [7, 11) is 0. The van der Waals surface area contributed by atoms with E-state index >= 15 is 0 Å². The van der Waals surface area contributed by atoms with E-state index in [4.69, 9.17) is 0 Å². The summed E-state index contributed by atoms with van der Waals surface area (Å²) >= 11 is 0. The zero-order chi connectivity index (χ0) is 10.7. The Bertz CT molecular complexity index is 252. The topological polar surface area (TPSA) is 32.3 Å². The van der Waals surface area contributed by atoms with Crippen molar-refractivity contribution >= 4 is 6.03 Å². The van der Waals surface area contributed by atoms with E-state index in [-0.39, 0.29) is 12.1 Å². The lowest BCUT2D eigenvalue weighted by atomic mass is 10.1. The lowest BCUT2D eigenvalue weighted by Crippen LogP contribution is -2.41. The number of allylic oxidation sites excluding steroid dienone is 2. The first-order valence-electron chi connectivity index (χ1n) is 5.27. The van der Waals surface area contributed by atoms with Crippen molar-refractivity contribution in [3.05, 3.63) is 11.3 Å². The van der Waals surface area contributed by atoms with Gasteiger partial charge in [0.2, 0.25) is 0 Å². The first kappa shape index (κ1) is 11.1. The lowest BCUT2D eigenvalue weighted by molar-refractivity contribution is 0.202. The first-order chi connectivity index (χ1) is 6.54. The van der Waals surface area contributed by atoms with Gasteiger partial charge in [0.05, 0.1) is 0 Å². The SMILES string of the molecule is CC(C)=C1CCCNC(=O)N1C(C)C. The third-order valence-corrected chi connectivity index (χ3v) is 2.47. The number of carbonyl (C=O) groups is 1. The van der Waals surface area contributed by atoms with Crippen molar-refractivity contribution in [1.29, 1.82) is 0 Å². The van der Waals surface area contributed by atoms with E-state index in [0.29, 0.717) is 0 Å². The second-order valence-electron chi connectivity index (χ2n) is 4.25. The van der Waals surface area contributed by atoms with Crippen LogP contribution in [0.5, 0.6) is 0 Å². The molecule has 1 rings (SSSR count). The van der Waals surface area contributed by atoms with Crippen molar-refractivity contribution in [3.63, 3.8) is 0 Å². The van der Waals surface area contributed by atoms with Crippen molar-refractivity contribution in [1.82, 2.24) is 10.2 Å². The molecule has 0 aliphatic carbocycles. The quantitative estimate of drug-likeness (QED) is 0.686. The van der Waals surface area contributed by atoms with Crippen molar-refractivity contribution in [2.45, 2.75) is 46.6 Å². The minimum absolute atomic E-state index is 0.0497. The van der Waals surface area contributed by atoms with Gasteiger partial charge in [-0.25, -0.2) is 4.79 Å². The molecule has 0 aromatic carbocycles. The van der Waals surface area contributed by atoms with Crippen LogP contribution < -0.4 is 5.32 Å². The van der Waals surface area contributed by atoms with E-state index in [9.17, 15) is 4.79 Å². The molecule has 0 spiro atoms. The van der Waals surface area contributed by atoms with Crippen LogP contribution in [0.4, 0.5) is 4.79 Å². The van der Waals surface area contributed by atoms with Gasteiger partial charge in [0.25, 0.3) is 0 Å². The summed E-state index contributed by atoms with van der Waals surface area (Å²) in [5.74, 6) is 0. The van der Waals surface area contributed by atoms with Crippen molar-refractivity contribution in [2.75, 3.05) is 6.54 Å². The molecule has 0 atom stereocenters. The van der Waals surface area contributed by atoms with E-state index in [1.54, 1.807) is 0 Å². The van der Waals surface area contributed by atoms with Crippen LogP contribution in [0.3, 0.4) is 0 Å². The molecule has 1 heterocycles. The van der Waals surface area contributed by atoms with Crippen LogP contribution in [0, 0.1) is 0 Å². The van der Waals surface area contributed by atoms with E-state index < -0.39 is 0 Å². The highest BCUT2D eigenvalue weighted by Crippen LogP contribution is 2.21. The van der Waals surface area contributed by atoms with Gasteiger partial charge in [-0.3, -0.25) is 4.90 Å². The highest BCUT2D eigenvalue weighted by Gasteiger charge is 2.23. The van der Waals surface area contributed by atoms with E-state index in [2.05, 4.69) is 19.2 Å². The van der Waals surface area contributed by atoms with Gasteiger partial charge in [0.15, 0.2) is 0 Å². The van der Waals surface area contributed by atoms with Gasteiger partial charge in [0, 0.05) is 18.3 Å². The zero-order valence-corrected chi connectivity index (χ0v) is 9.55.